The van der Waals surface area contributed by atoms with E-state index in [1.807, 2.05) is 0 Å². The maximum Gasteiger partial charge on any atom is 0.251 e. The highest BCUT2D eigenvalue weighted by Crippen LogP contribution is 2.43. The Morgan fingerprint density at radius 2 is 1.82 bits per heavy atom. The molecule has 1 fully saturated rings. The molecule has 1 saturated heterocycles. The van der Waals surface area contributed by atoms with Crippen LogP contribution in [0.25, 0.3) is 27.9 Å². The van der Waals surface area contributed by atoms with Crippen LogP contribution in [0.1, 0.15) is 20.8 Å². The molecular weight excluding hydrogens is 500 g/mol. The van der Waals surface area contributed by atoms with E-state index in [1.54, 1.807) is 30.2 Å². The molecular formula is C24H22B3FN8O3. The normalized spacial score (nSPS) is 20.5. The fourth-order valence-electron chi connectivity index (χ4n) is 5.15. The highest BCUT2D eigenvalue weighted by Gasteiger charge is 2.61. The fraction of sp³-hybridized carbons (Fsp3) is 0.292. The Morgan fingerprint density at radius 1 is 1.13 bits per heavy atom. The summed E-state index contributed by atoms with van der Waals surface area (Å²) in [4.78, 5) is 31.5. The minimum atomic E-state index is -2.77. The number of aromatic nitrogens is 5. The van der Waals surface area contributed by atoms with Gasteiger partial charge in [-0.1, -0.05) is 0 Å². The summed E-state index contributed by atoms with van der Waals surface area (Å²) >= 11 is 0. The van der Waals surface area contributed by atoms with Crippen LogP contribution in [0.15, 0.2) is 43.0 Å². The van der Waals surface area contributed by atoms with Gasteiger partial charge in [0.2, 0.25) is 5.91 Å². The van der Waals surface area contributed by atoms with Crippen molar-refractivity contribution in [2.45, 2.75) is 37.3 Å². The molecule has 4 aromatic rings. The van der Waals surface area contributed by atoms with Crippen LogP contribution >= 0.6 is 0 Å². The molecule has 1 aromatic carbocycles. The zero-order chi connectivity index (χ0) is 28.7. The van der Waals surface area contributed by atoms with Gasteiger partial charge in [-0.25, -0.2) is 13.9 Å². The van der Waals surface area contributed by atoms with Gasteiger partial charge in [0.15, 0.2) is 5.82 Å². The molecule has 0 aliphatic carbocycles. The van der Waals surface area contributed by atoms with E-state index in [4.69, 9.17) is 29.3 Å². The van der Waals surface area contributed by atoms with E-state index in [1.165, 1.54) is 36.8 Å². The Kier molecular flexibility index (Phi) is 5.73. The van der Waals surface area contributed by atoms with Gasteiger partial charge in [0.25, 0.3) is 5.91 Å². The third-order valence-electron chi connectivity index (χ3n) is 6.98. The number of anilines is 2. The lowest BCUT2D eigenvalue weighted by atomic mass is 9.46. The molecule has 0 spiro atoms. The fourth-order valence-corrected chi connectivity index (χ4v) is 5.15. The monoisotopic (exact) mass is 522 g/mol. The first-order chi connectivity index (χ1) is 18.1. The van der Waals surface area contributed by atoms with E-state index < -0.39 is 34.1 Å². The van der Waals surface area contributed by atoms with Crippen LogP contribution in [-0.4, -0.2) is 86.2 Å². The molecule has 4 heterocycles. The zero-order valence-corrected chi connectivity index (χ0v) is 21.6. The van der Waals surface area contributed by atoms with Crippen molar-refractivity contribution in [3.8, 4) is 22.4 Å². The maximum atomic E-state index is 15.4. The van der Waals surface area contributed by atoms with Crippen molar-refractivity contribution in [3.63, 3.8) is 0 Å². The third-order valence-corrected chi connectivity index (χ3v) is 6.98. The Labute approximate surface area is 227 Å². The second kappa shape index (κ2) is 8.44. The first-order valence-corrected chi connectivity index (χ1v) is 11.8. The van der Waals surface area contributed by atoms with Crippen LogP contribution in [0.4, 0.5) is 15.9 Å². The summed E-state index contributed by atoms with van der Waals surface area (Å²) in [5, 5.41) is 17.1. The van der Waals surface area contributed by atoms with Crippen LogP contribution in [0.5, 0.6) is 0 Å². The Balaban J connectivity index is 1.73. The van der Waals surface area contributed by atoms with Gasteiger partial charge in [-0.3, -0.25) is 14.3 Å². The lowest BCUT2D eigenvalue weighted by Gasteiger charge is -2.63. The van der Waals surface area contributed by atoms with E-state index in [2.05, 4.69) is 15.2 Å². The molecule has 15 heteroatoms. The number of halogens is 1. The zero-order valence-electron chi connectivity index (χ0n) is 21.6. The van der Waals surface area contributed by atoms with Crippen LogP contribution < -0.4 is 10.6 Å². The molecule has 1 aliphatic rings. The summed E-state index contributed by atoms with van der Waals surface area (Å²) in [5.74, 6) is -2.30. The molecule has 0 bridgehead atoms. The number of benzene rings is 1. The Hall–Kier alpha value is -4.13. The number of aliphatic hydroxyl groups is 1. The molecule has 6 radical (unpaired) electrons. The number of piperazine rings is 1. The van der Waals surface area contributed by atoms with Gasteiger partial charge in [0, 0.05) is 42.2 Å². The van der Waals surface area contributed by atoms with Crippen molar-refractivity contribution < 1.29 is 19.1 Å². The number of nitrogens with two attached hydrogens (primary N) is 1. The second-order valence-electron chi connectivity index (χ2n) is 10.0. The highest BCUT2D eigenvalue weighted by atomic mass is 19.1. The number of carbonyl (C=O) groups excluding carboxylic acids is 2. The van der Waals surface area contributed by atoms with E-state index in [-0.39, 0.29) is 11.5 Å². The summed E-state index contributed by atoms with van der Waals surface area (Å²) in [6.07, 6.45) is 4.71. The molecule has 1 atom stereocenters. The number of nitrogen functional groups attached to an aromatic ring is 1. The Morgan fingerprint density at radius 3 is 2.44 bits per heavy atom. The molecule has 1 unspecified atom stereocenters. The van der Waals surface area contributed by atoms with Crippen LogP contribution in [0.2, 0.25) is 0 Å². The standard InChI is InChI=1S/C24H22B3FN8O3/c1-12(37)36-22(2,3)21(38)34(23(25,26)24(36,27)39)18-7-13(5-6-16(18)28)17-8-15(14-9-31-33(4)10-14)19-20(29)30-11-32-35(17)19/h5-11,39H,1-4H3,(H2,29,30,32). The molecule has 3 N–H and O–H groups in total. The van der Waals surface area contributed by atoms with Crippen LogP contribution in [-0.2, 0) is 16.6 Å². The lowest BCUT2D eigenvalue weighted by molar-refractivity contribution is -0.174. The predicted octanol–water partition coefficient (Wildman–Crippen LogP) is 0.297. The summed E-state index contributed by atoms with van der Waals surface area (Å²) in [5.41, 5.74) is 4.07. The SMILES string of the molecule is [B]C1([B])N(c2cc(-c3cc(-c4cnn(C)c4)c4c(N)ncnn34)ccc2F)C(=O)C(C)(C)N(C(C)=O)C1([B])O. The quantitative estimate of drug-likeness (QED) is 0.370. The number of nitrogens with zero attached hydrogens (tertiary/aromatic N) is 7. The van der Waals surface area contributed by atoms with Crippen LogP contribution in [0, 0.1) is 5.82 Å². The lowest BCUT2D eigenvalue weighted by Crippen LogP contribution is -2.85. The smallest absolute Gasteiger partial charge is 0.251 e. The number of rotatable bonds is 3. The second-order valence-corrected chi connectivity index (χ2v) is 10.0. The minimum absolute atomic E-state index is 0.200. The van der Waals surface area contributed by atoms with Gasteiger partial charge in [-0.15, -0.1) is 0 Å². The van der Waals surface area contributed by atoms with Gasteiger partial charge in [-0.05, 0) is 38.1 Å². The number of hydrogen-bond donors (Lipinski definition) is 2. The third kappa shape index (κ3) is 3.67. The largest absolute Gasteiger partial charge is 0.382 e. The van der Waals surface area contributed by atoms with E-state index >= 15 is 4.39 Å². The molecule has 39 heavy (non-hydrogen) atoms. The van der Waals surface area contributed by atoms with Crippen molar-refractivity contribution in [1.82, 2.24) is 29.3 Å². The van der Waals surface area contributed by atoms with Crippen molar-refractivity contribution in [2.75, 3.05) is 10.6 Å². The number of carbonyl (C=O) groups is 2. The number of aryl methyl sites for hydroxylation is 1. The van der Waals surface area contributed by atoms with Crippen LogP contribution in [0.3, 0.4) is 0 Å². The number of hydrogen-bond acceptors (Lipinski definition) is 7. The highest BCUT2D eigenvalue weighted by molar-refractivity contribution is 6.49. The minimum Gasteiger partial charge on any atom is -0.382 e. The average molecular weight is 522 g/mol. The predicted molar refractivity (Wildman–Crippen MR) is 144 cm³/mol. The van der Waals surface area contributed by atoms with Gasteiger partial charge in [0.05, 0.1) is 33.3 Å². The van der Waals surface area contributed by atoms with Crippen molar-refractivity contribution >= 4 is 52.4 Å². The average Bonchev–Trinajstić information content (AvgIpc) is 3.43. The van der Waals surface area contributed by atoms with Gasteiger partial charge in [0.1, 0.15) is 36.7 Å². The van der Waals surface area contributed by atoms with E-state index in [0.717, 1.165) is 18.6 Å². The van der Waals surface area contributed by atoms with Gasteiger partial charge >= 0.3 is 0 Å². The summed E-state index contributed by atoms with van der Waals surface area (Å²) in [6, 6.07) is 5.67. The molecule has 1 aliphatic heterocycles. The first kappa shape index (κ1) is 26.5. The molecule has 192 valence electrons. The summed E-state index contributed by atoms with van der Waals surface area (Å²) in [7, 11) is 20.3. The van der Waals surface area contributed by atoms with E-state index in [9.17, 15) is 14.7 Å². The first-order valence-electron chi connectivity index (χ1n) is 11.8. The van der Waals surface area contributed by atoms with Crippen molar-refractivity contribution in [3.05, 3.63) is 48.8 Å². The summed E-state index contributed by atoms with van der Waals surface area (Å²) < 4.78 is 18.6. The Bertz CT molecular complexity index is 1670. The molecule has 0 saturated carbocycles. The molecule has 3 aromatic heterocycles. The number of fused-ring (bicyclic) bond motifs is 1. The molecule has 2 amide bonds. The van der Waals surface area contributed by atoms with Gasteiger partial charge in [-0.2, -0.15) is 10.2 Å². The molecule has 11 nitrogen and oxygen atoms in total. The number of amides is 2. The van der Waals surface area contributed by atoms with E-state index in [0.29, 0.717) is 32.1 Å². The molecule has 5 rings (SSSR count). The van der Waals surface area contributed by atoms with Gasteiger partial charge < -0.3 is 20.6 Å². The van der Waals surface area contributed by atoms with Crippen molar-refractivity contribution in [1.29, 1.82) is 0 Å². The topological polar surface area (TPSA) is 135 Å². The maximum absolute atomic E-state index is 15.4. The summed E-state index contributed by atoms with van der Waals surface area (Å²) in [6.45, 7) is 3.79. The van der Waals surface area contributed by atoms with Crippen molar-refractivity contribution in [2.24, 2.45) is 7.05 Å².